The summed E-state index contributed by atoms with van der Waals surface area (Å²) < 4.78 is 67.0. The zero-order chi connectivity index (χ0) is 33.6. The van der Waals surface area contributed by atoms with Gasteiger partial charge >= 0.3 is 6.09 Å². The Bertz CT molecular complexity index is 1660. The number of hydrogen-bond donors (Lipinski definition) is 2. The Hall–Kier alpha value is -4.12. The summed E-state index contributed by atoms with van der Waals surface area (Å²) in [5.41, 5.74) is 2.27. The highest BCUT2D eigenvalue weighted by Gasteiger charge is 2.35. The van der Waals surface area contributed by atoms with E-state index in [0.29, 0.717) is 30.6 Å². The van der Waals surface area contributed by atoms with Crippen molar-refractivity contribution in [1.29, 1.82) is 0 Å². The third-order valence-corrected chi connectivity index (χ3v) is 9.18. The van der Waals surface area contributed by atoms with Gasteiger partial charge in [-0.05, 0) is 51.4 Å². The Morgan fingerprint density at radius 3 is 2.43 bits per heavy atom. The van der Waals surface area contributed by atoms with Crippen molar-refractivity contribution >= 4 is 39.2 Å². The molecule has 1 amide bonds. The molecule has 16 heteroatoms. The van der Waals surface area contributed by atoms with Crippen LogP contribution in [-0.4, -0.2) is 107 Å². The van der Waals surface area contributed by atoms with Gasteiger partial charge in [0.05, 0.1) is 29.4 Å². The number of amides is 1. The zero-order valence-corrected chi connectivity index (χ0v) is 27.3. The van der Waals surface area contributed by atoms with Gasteiger partial charge in [0.1, 0.15) is 11.6 Å². The van der Waals surface area contributed by atoms with Crippen LogP contribution in [0.2, 0.25) is 0 Å². The number of nitrogens with zero attached hydrogens (tertiary/aromatic N) is 5. The minimum Gasteiger partial charge on any atom is -0.448 e. The van der Waals surface area contributed by atoms with Crippen molar-refractivity contribution < 1.29 is 36.3 Å². The van der Waals surface area contributed by atoms with E-state index in [1.165, 1.54) is 0 Å². The zero-order valence-electron chi connectivity index (χ0n) is 26.5. The molecule has 2 heterocycles. The molecule has 0 atom stereocenters. The first-order chi connectivity index (χ1) is 21.8. The summed E-state index contributed by atoms with van der Waals surface area (Å²) in [7, 11) is 3.13. The fraction of sp³-hybridized carbons (Fsp3) is 0.433. The Kier molecular flexibility index (Phi) is 11.3. The van der Waals surface area contributed by atoms with E-state index < -0.39 is 38.6 Å². The molecule has 250 valence electrons. The Morgan fingerprint density at radius 1 is 1.07 bits per heavy atom. The largest absolute Gasteiger partial charge is 0.448 e. The van der Waals surface area contributed by atoms with Crippen molar-refractivity contribution in [3.63, 3.8) is 0 Å². The van der Waals surface area contributed by atoms with Crippen LogP contribution >= 0.6 is 0 Å². The summed E-state index contributed by atoms with van der Waals surface area (Å²) in [6.45, 7) is 3.63. The number of carbonyl (C=O) groups excluding carboxylic acids is 2. The number of hydrogen-bond acceptors (Lipinski definition) is 10. The Labute approximate surface area is 267 Å². The first-order valence-corrected chi connectivity index (χ1v) is 16.1. The average Bonchev–Trinajstić information content (AvgIpc) is 3.37. The van der Waals surface area contributed by atoms with E-state index in [0.717, 1.165) is 39.9 Å². The Morgan fingerprint density at radius 2 is 1.78 bits per heavy atom. The van der Waals surface area contributed by atoms with Crippen LogP contribution in [0.3, 0.4) is 0 Å². The van der Waals surface area contributed by atoms with Crippen molar-refractivity contribution in [3.05, 3.63) is 64.9 Å². The molecule has 0 bridgehead atoms. The predicted molar refractivity (Wildman–Crippen MR) is 169 cm³/mol. The lowest BCUT2D eigenvalue weighted by atomic mass is 10.1. The van der Waals surface area contributed by atoms with Gasteiger partial charge in [0, 0.05) is 76.3 Å². The number of ether oxygens (including phenoxy) is 2. The molecule has 0 fully saturated rings. The molecule has 0 spiro atoms. The maximum absolute atomic E-state index is 13.9. The molecule has 0 saturated heterocycles. The van der Waals surface area contributed by atoms with Gasteiger partial charge in [-0.25, -0.2) is 22.0 Å². The minimum atomic E-state index is -4.35. The summed E-state index contributed by atoms with van der Waals surface area (Å²) in [6, 6.07) is 7.37. The molecule has 46 heavy (non-hydrogen) atoms. The lowest BCUT2D eigenvalue weighted by Gasteiger charge is -2.27. The first-order valence-electron chi connectivity index (χ1n) is 14.6. The van der Waals surface area contributed by atoms with Crippen molar-refractivity contribution in [2.24, 2.45) is 0 Å². The molecular weight excluding hydrogens is 624 g/mol. The topological polar surface area (TPSA) is 138 Å². The van der Waals surface area contributed by atoms with Crippen LogP contribution in [0.5, 0.6) is 0 Å². The third kappa shape index (κ3) is 7.99. The van der Waals surface area contributed by atoms with Crippen molar-refractivity contribution in [3.8, 4) is 0 Å². The van der Waals surface area contributed by atoms with E-state index in [-0.39, 0.29) is 43.1 Å². The number of methoxy groups -OCH3 is 1. The van der Waals surface area contributed by atoms with E-state index in [1.54, 1.807) is 20.1 Å². The smallest absolute Gasteiger partial charge is 0.434 e. The van der Waals surface area contributed by atoms with Crippen LogP contribution in [0.4, 0.5) is 30.8 Å². The summed E-state index contributed by atoms with van der Waals surface area (Å²) in [5, 5.41) is 10.3. The highest BCUT2D eigenvalue weighted by Crippen LogP contribution is 2.32. The summed E-state index contributed by atoms with van der Waals surface area (Å²) in [5.74, 6) is -2.69. The average molecular weight is 664 g/mol. The van der Waals surface area contributed by atoms with E-state index in [4.69, 9.17) is 9.47 Å². The van der Waals surface area contributed by atoms with Crippen LogP contribution < -0.4 is 15.5 Å². The Balaban J connectivity index is 1.68. The van der Waals surface area contributed by atoms with Gasteiger partial charge in [-0.2, -0.15) is 8.99 Å². The number of fused-ring (bicyclic) bond motifs is 1. The highest BCUT2D eigenvalue weighted by atomic mass is 32.2. The summed E-state index contributed by atoms with van der Waals surface area (Å²) in [4.78, 5) is 30.1. The maximum Gasteiger partial charge on any atom is 0.434 e. The molecule has 0 radical (unpaired) electrons. The van der Waals surface area contributed by atoms with E-state index in [1.807, 2.05) is 33.3 Å². The van der Waals surface area contributed by atoms with Crippen LogP contribution in [0.15, 0.2) is 41.3 Å². The molecule has 0 aliphatic carbocycles. The maximum atomic E-state index is 13.9. The number of benzene rings is 2. The lowest BCUT2D eigenvalue weighted by molar-refractivity contribution is 0.102. The summed E-state index contributed by atoms with van der Waals surface area (Å²) in [6.07, 6.45) is -0.777. The molecule has 0 saturated carbocycles. The second-order valence-corrected chi connectivity index (χ2v) is 12.8. The number of nitrogens with one attached hydrogen (secondary N) is 2. The molecule has 1 aliphatic rings. The summed E-state index contributed by atoms with van der Waals surface area (Å²) >= 11 is 0. The lowest BCUT2D eigenvalue weighted by Crippen LogP contribution is -2.37. The molecule has 3 aromatic rings. The molecular formula is C30H39F2N7O6S. The standard InChI is InChI=1S/C30H39F2N7O6S/c1-6-45-30(41)39-27-9-11-38(46(42,43)23-16-20(31)15-21(32)17-23)19-25(27)28(35-39)34-29(40)24-8-7-22(37(4)13-12-36(2)3)18-26(24)33-10-14-44-5/h7-8,15-18,33H,6,9-14,19H2,1-5H3,(H,34,35,40). The highest BCUT2D eigenvalue weighted by molar-refractivity contribution is 7.89. The number of sulfonamides is 1. The number of rotatable bonds is 13. The van der Waals surface area contributed by atoms with Crippen molar-refractivity contribution in [1.82, 2.24) is 19.0 Å². The number of carbonyl (C=O) groups is 2. The fourth-order valence-corrected chi connectivity index (χ4v) is 6.37. The second-order valence-electron chi connectivity index (χ2n) is 10.9. The van der Waals surface area contributed by atoms with Crippen LogP contribution in [0.1, 0.15) is 28.5 Å². The first kappa shape index (κ1) is 34.7. The number of halogens is 2. The second kappa shape index (κ2) is 15.0. The molecule has 0 unspecified atom stereocenters. The SMILES string of the molecule is CCOC(=O)n1nc(NC(=O)c2ccc(N(C)CCN(C)C)cc2NCCOC)c2c1CCN(S(=O)(=O)c1cc(F)cc(F)c1)C2. The fourth-order valence-electron chi connectivity index (χ4n) is 4.92. The quantitative estimate of drug-likeness (QED) is 0.262. The van der Waals surface area contributed by atoms with Gasteiger partial charge in [-0.3, -0.25) is 4.79 Å². The number of likely N-dealkylation sites (N-methyl/N-ethyl adjacent to an activating group) is 2. The van der Waals surface area contributed by atoms with Gasteiger partial charge in [0.25, 0.3) is 5.91 Å². The minimum absolute atomic E-state index is 0.0197. The van der Waals surface area contributed by atoms with Crippen LogP contribution in [-0.2, 0) is 32.5 Å². The van der Waals surface area contributed by atoms with Crippen molar-refractivity contribution in [2.75, 3.05) is 83.2 Å². The molecule has 1 aliphatic heterocycles. The molecule has 13 nitrogen and oxygen atoms in total. The van der Waals surface area contributed by atoms with Gasteiger partial charge in [0.2, 0.25) is 10.0 Å². The van der Waals surface area contributed by atoms with E-state index >= 15 is 0 Å². The van der Waals surface area contributed by atoms with Gasteiger partial charge in [-0.1, -0.05) is 0 Å². The molecule has 1 aromatic heterocycles. The van der Waals surface area contributed by atoms with E-state index in [9.17, 15) is 26.8 Å². The number of anilines is 3. The molecule has 2 N–H and O–H groups in total. The van der Waals surface area contributed by atoms with Gasteiger partial charge in [-0.15, -0.1) is 5.10 Å². The van der Waals surface area contributed by atoms with Crippen LogP contribution in [0.25, 0.3) is 0 Å². The van der Waals surface area contributed by atoms with Gasteiger partial charge in [0.15, 0.2) is 5.82 Å². The third-order valence-electron chi connectivity index (χ3n) is 7.36. The molecule has 2 aromatic carbocycles. The molecule has 4 rings (SSSR count). The monoisotopic (exact) mass is 663 g/mol. The predicted octanol–water partition coefficient (Wildman–Crippen LogP) is 3.22. The van der Waals surface area contributed by atoms with E-state index in [2.05, 4.69) is 25.5 Å². The van der Waals surface area contributed by atoms with Crippen LogP contribution in [0, 0.1) is 11.6 Å². The number of aromatic nitrogens is 2. The normalized spacial score (nSPS) is 13.4. The van der Waals surface area contributed by atoms with Crippen molar-refractivity contribution in [2.45, 2.75) is 24.8 Å². The van der Waals surface area contributed by atoms with Gasteiger partial charge < -0.3 is 29.9 Å².